The molecule has 0 bridgehead atoms. The molecule has 0 fully saturated rings. The second-order valence-electron chi connectivity index (χ2n) is 7.62. The van der Waals surface area contributed by atoms with Crippen LogP contribution in [-0.2, 0) is 40.8 Å². The minimum atomic E-state index is -4.94. The molecule has 2 aromatic rings. The van der Waals surface area contributed by atoms with Crippen molar-refractivity contribution in [1.29, 1.82) is 0 Å². The number of nitrogens with zero attached hydrogens (tertiary/aromatic N) is 1. The minimum Gasteiger partial charge on any atom is -0.442 e. The van der Waals surface area contributed by atoms with Gasteiger partial charge < -0.3 is 9.57 Å². The quantitative estimate of drug-likeness (QED) is 0.612. The Kier molecular flexibility index (Phi) is 7.12. The topological polar surface area (TPSA) is 124 Å². The molecule has 0 N–H and O–H groups in total. The fourth-order valence-corrected chi connectivity index (χ4v) is 4.92. The van der Waals surface area contributed by atoms with Crippen molar-refractivity contribution in [2.75, 3.05) is 6.26 Å². The molecule has 31 heavy (non-hydrogen) atoms. The predicted octanol–water partition coefficient (Wildman–Crippen LogP) is 2.92. The molecule has 0 aromatic heterocycles. The molecule has 11 heteroatoms. The summed E-state index contributed by atoms with van der Waals surface area (Å²) < 4.78 is 55.4. The van der Waals surface area contributed by atoms with E-state index in [2.05, 4.69) is 0 Å². The molecule has 2 aromatic carbocycles. The Labute approximate surface area is 181 Å². The Morgan fingerprint density at radius 1 is 0.871 bits per heavy atom. The fourth-order valence-electron chi connectivity index (χ4n) is 2.23. The van der Waals surface area contributed by atoms with Gasteiger partial charge in [0.2, 0.25) is 0 Å². The maximum atomic E-state index is 13.2. The first-order valence-corrected chi connectivity index (χ1v) is 12.4. The van der Waals surface area contributed by atoms with Crippen LogP contribution in [0, 0.1) is 5.41 Å². The van der Waals surface area contributed by atoms with Crippen molar-refractivity contribution in [2.45, 2.75) is 37.2 Å². The van der Waals surface area contributed by atoms with Crippen LogP contribution in [0.3, 0.4) is 0 Å². The van der Waals surface area contributed by atoms with Crippen LogP contribution in [0.1, 0.15) is 26.3 Å². The van der Waals surface area contributed by atoms with Crippen molar-refractivity contribution in [3.05, 3.63) is 60.2 Å². The summed E-state index contributed by atoms with van der Waals surface area (Å²) in [6.45, 7) is 4.08. The van der Waals surface area contributed by atoms with E-state index < -0.39 is 47.1 Å². The van der Waals surface area contributed by atoms with Gasteiger partial charge in [0, 0.05) is 6.26 Å². The summed E-state index contributed by atoms with van der Waals surface area (Å²) in [4.78, 5) is 28.6. The number of ether oxygens (including phenoxy) is 1. The number of sulfonamides is 1. The summed E-state index contributed by atoms with van der Waals surface area (Å²) in [5.74, 6) is -1.04. The summed E-state index contributed by atoms with van der Waals surface area (Å²) in [7, 11) is -8.92. The SMILES string of the molecule is CC(C)(C)C(=O)ON(C(=O)OCc1ccccc1)S(=O)(=O)c1ccccc1S(C)(=O)=O. The fraction of sp³-hybridized carbons (Fsp3) is 0.300. The van der Waals surface area contributed by atoms with E-state index in [1.807, 2.05) is 0 Å². The average Bonchev–Trinajstić information content (AvgIpc) is 2.69. The van der Waals surface area contributed by atoms with Gasteiger partial charge in [0.15, 0.2) is 9.84 Å². The Morgan fingerprint density at radius 3 is 1.90 bits per heavy atom. The molecule has 0 saturated heterocycles. The molecule has 0 aliphatic carbocycles. The van der Waals surface area contributed by atoms with Gasteiger partial charge in [-0.2, -0.15) is 8.42 Å². The third-order valence-corrected chi connectivity index (χ3v) is 6.73. The number of hydrogen-bond acceptors (Lipinski definition) is 8. The van der Waals surface area contributed by atoms with E-state index in [-0.39, 0.29) is 11.1 Å². The van der Waals surface area contributed by atoms with Crippen LogP contribution < -0.4 is 0 Å². The van der Waals surface area contributed by atoms with Gasteiger partial charge in [-0.1, -0.05) is 42.5 Å². The summed E-state index contributed by atoms with van der Waals surface area (Å²) >= 11 is 0. The molecule has 0 radical (unpaired) electrons. The van der Waals surface area contributed by atoms with E-state index in [1.54, 1.807) is 30.3 Å². The van der Waals surface area contributed by atoms with E-state index in [0.717, 1.165) is 18.4 Å². The van der Waals surface area contributed by atoms with Gasteiger partial charge in [0.1, 0.15) is 11.5 Å². The minimum absolute atomic E-state index is 0.215. The van der Waals surface area contributed by atoms with Crippen molar-refractivity contribution >= 4 is 31.9 Å². The van der Waals surface area contributed by atoms with Crippen molar-refractivity contribution in [3.8, 4) is 0 Å². The molecule has 0 atom stereocenters. The Hall–Kier alpha value is -2.92. The van der Waals surface area contributed by atoms with Crippen LogP contribution in [0.4, 0.5) is 4.79 Å². The Bertz CT molecular complexity index is 1170. The zero-order valence-electron chi connectivity index (χ0n) is 17.4. The average molecular weight is 470 g/mol. The molecule has 0 unspecified atom stereocenters. The third-order valence-electron chi connectivity index (χ3n) is 3.88. The highest BCUT2D eigenvalue weighted by Gasteiger charge is 2.40. The smallest absolute Gasteiger partial charge is 0.442 e. The van der Waals surface area contributed by atoms with Gasteiger partial charge in [-0.05, 0) is 42.9 Å². The van der Waals surface area contributed by atoms with Crippen LogP contribution in [-0.4, -0.2) is 39.6 Å². The van der Waals surface area contributed by atoms with Crippen molar-refractivity contribution in [2.24, 2.45) is 5.41 Å². The maximum Gasteiger partial charge on any atom is 0.459 e. The number of sulfone groups is 1. The van der Waals surface area contributed by atoms with Gasteiger partial charge >= 0.3 is 22.1 Å². The summed E-state index contributed by atoms with van der Waals surface area (Å²) in [5.41, 5.74) is -0.601. The number of rotatable bonds is 5. The van der Waals surface area contributed by atoms with Crippen molar-refractivity contribution in [1.82, 2.24) is 4.47 Å². The van der Waals surface area contributed by atoms with Gasteiger partial charge in [0.05, 0.1) is 10.3 Å². The molecule has 0 aliphatic heterocycles. The third kappa shape index (κ3) is 6.05. The van der Waals surface area contributed by atoms with Crippen LogP contribution in [0.2, 0.25) is 0 Å². The molecule has 1 amide bonds. The van der Waals surface area contributed by atoms with Crippen LogP contribution in [0.25, 0.3) is 0 Å². The molecule has 0 spiro atoms. The van der Waals surface area contributed by atoms with Crippen molar-refractivity contribution in [3.63, 3.8) is 0 Å². The number of amides is 1. The van der Waals surface area contributed by atoms with Crippen molar-refractivity contribution < 1.29 is 36.0 Å². The molecular weight excluding hydrogens is 446 g/mol. The highest BCUT2D eigenvalue weighted by molar-refractivity contribution is 7.93. The van der Waals surface area contributed by atoms with Gasteiger partial charge in [-0.15, -0.1) is 0 Å². The largest absolute Gasteiger partial charge is 0.459 e. The summed E-state index contributed by atoms with van der Waals surface area (Å²) in [6, 6.07) is 13.1. The normalized spacial score (nSPS) is 12.1. The lowest BCUT2D eigenvalue weighted by atomic mass is 9.98. The van der Waals surface area contributed by atoms with Crippen LogP contribution in [0.5, 0.6) is 0 Å². The van der Waals surface area contributed by atoms with E-state index in [0.29, 0.717) is 5.56 Å². The number of hydrogen-bond donors (Lipinski definition) is 0. The van der Waals surface area contributed by atoms with Crippen LogP contribution in [0.15, 0.2) is 64.4 Å². The second-order valence-corrected chi connectivity index (χ2v) is 11.3. The summed E-state index contributed by atoms with van der Waals surface area (Å²) in [5, 5.41) is 0. The number of hydroxylamine groups is 1. The molecule has 168 valence electrons. The lowest BCUT2D eigenvalue weighted by Crippen LogP contribution is -2.42. The second kappa shape index (κ2) is 9.06. The van der Waals surface area contributed by atoms with E-state index in [9.17, 15) is 26.4 Å². The Morgan fingerprint density at radius 2 is 1.39 bits per heavy atom. The van der Waals surface area contributed by atoms with Gasteiger partial charge in [0.25, 0.3) is 0 Å². The lowest BCUT2D eigenvalue weighted by molar-refractivity contribution is -0.175. The zero-order chi connectivity index (χ0) is 23.4. The molecular formula is C20H23NO8S2. The highest BCUT2D eigenvalue weighted by atomic mass is 32.2. The number of carbonyl (C=O) groups excluding carboxylic acids is 2. The van der Waals surface area contributed by atoms with E-state index in [4.69, 9.17) is 9.57 Å². The number of carbonyl (C=O) groups is 2. The maximum absolute atomic E-state index is 13.2. The molecule has 0 heterocycles. The highest BCUT2D eigenvalue weighted by Crippen LogP contribution is 2.27. The first-order valence-electron chi connectivity index (χ1n) is 9.02. The zero-order valence-corrected chi connectivity index (χ0v) is 19.1. The molecule has 0 saturated carbocycles. The predicted molar refractivity (Wildman–Crippen MR) is 111 cm³/mol. The summed E-state index contributed by atoms with van der Waals surface area (Å²) in [6.07, 6.45) is -0.676. The molecule has 2 rings (SSSR count). The lowest BCUT2D eigenvalue weighted by Gasteiger charge is -2.24. The standard InChI is InChI=1S/C20H23NO8S2/c1-20(2,3)18(22)29-21(19(23)28-14-15-10-6-5-7-11-15)31(26,27)17-13-9-8-12-16(17)30(4,24)25/h5-13H,14H2,1-4H3. The molecule has 0 aliphatic rings. The van der Waals surface area contributed by atoms with Gasteiger partial charge in [-0.25, -0.2) is 18.0 Å². The Balaban J connectivity index is 2.49. The first kappa shape index (κ1) is 24.4. The molecule has 9 nitrogen and oxygen atoms in total. The number of benzene rings is 2. The monoisotopic (exact) mass is 469 g/mol. The van der Waals surface area contributed by atoms with E-state index >= 15 is 0 Å². The van der Waals surface area contributed by atoms with E-state index in [1.165, 1.54) is 32.9 Å². The van der Waals surface area contributed by atoms with Crippen LogP contribution >= 0.6 is 0 Å². The first-order chi connectivity index (χ1) is 14.2. The van der Waals surface area contributed by atoms with Gasteiger partial charge in [-0.3, -0.25) is 0 Å².